The molecule has 194 valence electrons. The van der Waals surface area contributed by atoms with E-state index in [1.54, 1.807) is 0 Å². The number of rotatable bonds is 10. The van der Waals surface area contributed by atoms with E-state index in [1.807, 2.05) is 24.3 Å². The van der Waals surface area contributed by atoms with Gasteiger partial charge in [0.15, 0.2) is 5.79 Å². The highest BCUT2D eigenvalue weighted by atomic mass is 16.7. The monoisotopic (exact) mass is 488 g/mol. The fraction of sp³-hybridized carbons (Fsp3) is 0.576. The second kappa shape index (κ2) is 12.0. The zero-order chi connectivity index (χ0) is 25.5. The van der Waals surface area contributed by atoms with Gasteiger partial charge in [-0.2, -0.15) is 0 Å². The van der Waals surface area contributed by atoms with Crippen molar-refractivity contribution in [1.82, 2.24) is 0 Å². The van der Waals surface area contributed by atoms with E-state index in [2.05, 4.69) is 75.6 Å². The molecule has 1 heterocycles. The van der Waals surface area contributed by atoms with Crippen molar-refractivity contribution in [3.8, 4) is 11.8 Å². The summed E-state index contributed by atoms with van der Waals surface area (Å²) in [6.07, 6.45) is 17.7. The van der Waals surface area contributed by atoms with E-state index >= 15 is 0 Å². The predicted octanol–water partition coefficient (Wildman–Crippen LogP) is 7.50. The SMILES string of the molecule is C=CCCC(C#CCOCc1ccccc1)C[C@]1(C)C=C[C@]2(C)CCC3(OCCO3)[C@@H]2[C@H]1C/C=C\C. The minimum atomic E-state index is -0.430. The molecule has 1 aliphatic heterocycles. The van der Waals surface area contributed by atoms with Crippen molar-refractivity contribution in [1.29, 1.82) is 0 Å². The normalized spacial score (nSPS) is 31.3. The third kappa shape index (κ3) is 5.88. The molecule has 3 heteroatoms. The second-order valence-corrected chi connectivity index (χ2v) is 11.3. The Labute approximate surface area is 219 Å². The van der Waals surface area contributed by atoms with Crippen LogP contribution in [-0.2, 0) is 20.8 Å². The Bertz CT molecular complexity index is 977. The van der Waals surface area contributed by atoms with Gasteiger partial charge >= 0.3 is 0 Å². The van der Waals surface area contributed by atoms with Crippen molar-refractivity contribution in [2.24, 2.45) is 28.6 Å². The van der Waals surface area contributed by atoms with Gasteiger partial charge in [-0.15, -0.1) is 6.58 Å². The molecule has 5 atom stereocenters. The van der Waals surface area contributed by atoms with Crippen LogP contribution in [0.3, 0.4) is 0 Å². The van der Waals surface area contributed by atoms with Crippen LogP contribution >= 0.6 is 0 Å². The van der Waals surface area contributed by atoms with Crippen molar-refractivity contribution in [2.45, 2.75) is 71.7 Å². The van der Waals surface area contributed by atoms with Crippen LogP contribution in [0.2, 0.25) is 0 Å². The van der Waals surface area contributed by atoms with Crippen molar-refractivity contribution in [3.05, 3.63) is 72.9 Å². The van der Waals surface area contributed by atoms with Crippen molar-refractivity contribution in [2.75, 3.05) is 19.8 Å². The van der Waals surface area contributed by atoms with Gasteiger partial charge in [0, 0.05) is 18.3 Å². The fourth-order valence-electron chi connectivity index (χ4n) is 6.85. The van der Waals surface area contributed by atoms with Gasteiger partial charge in [-0.1, -0.05) is 86.4 Å². The Hall–Kier alpha value is -2.12. The maximum Gasteiger partial charge on any atom is 0.172 e. The topological polar surface area (TPSA) is 27.7 Å². The maximum absolute atomic E-state index is 6.40. The third-order valence-corrected chi connectivity index (χ3v) is 8.69. The van der Waals surface area contributed by atoms with Gasteiger partial charge in [0.2, 0.25) is 0 Å². The number of fused-ring (bicyclic) bond motifs is 2. The molecule has 0 amide bonds. The quantitative estimate of drug-likeness (QED) is 0.194. The van der Waals surface area contributed by atoms with Crippen molar-refractivity contribution >= 4 is 0 Å². The summed E-state index contributed by atoms with van der Waals surface area (Å²) in [5, 5.41) is 0. The summed E-state index contributed by atoms with van der Waals surface area (Å²) >= 11 is 0. The fourth-order valence-corrected chi connectivity index (χ4v) is 6.85. The summed E-state index contributed by atoms with van der Waals surface area (Å²) in [5.41, 5.74) is 1.31. The first kappa shape index (κ1) is 26.9. The summed E-state index contributed by atoms with van der Waals surface area (Å²) in [4.78, 5) is 0. The highest BCUT2D eigenvalue weighted by molar-refractivity contribution is 5.24. The van der Waals surface area contributed by atoms with Gasteiger partial charge in [-0.25, -0.2) is 0 Å². The number of benzene rings is 1. The summed E-state index contributed by atoms with van der Waals surface area (Å²) in [7, 11) is 0. The van der Waals surface area contributed by atoms with E-state index in [9.17, 15) is 0 Å². The molecule has 2 fully saturated rings. The van der Waals surface area contributed by atoms with Crippen molar-refractivity contribution in [3.63, 3.8) is 0 Å². The number of hydrogen-bond donors (Lipinski definition) is 0. The molecule has 3 aliphatic rings. The zero-order valence-corrected chi connectivity index (χ0v) is 22.5. The molecule has 1 unspecified atom stereocenters. The molecule has 2 aliphatic carbocycles. The van der Waals surface area contributed by atoms with Gasteiger partial charge < -0.3 is 14.2 Å². The first-order valence-corrected chi connectivity index (χ1v) is 13.8. The lowest BCUT2D eigenvalue weighted by molar-refractivity contribution is -0.213. The van der Waals surface area contributed by atoms with Crippen LogP contribution in [0.15, 0.2) is 67.3 Å². The summed E-state index contributed by atoms with van der Waals surface area (Å²) < 4.78 is 18.6. The van der Waals surface area contributed by atoms with Gasteiger partial charge in [0.1, 0.15) is 6.61 Å². The summed E-state index contributed by atoms with van der Waals surface area (Å²) in [5.74, 6) is 7.57. The average Bonchev–Trinajstić information content (AvgIpc) is 3.47. The molecule has 1 saturated heterocycles. The highest BCUT2D eigenvalue weighted by Gasteiger charge is 2.63. The van der Waals surface area contributed by atoms with E-state index in [4.69, 9.17) is 14.2 Å². The predicted molar refractivity (Wildman–Crippen MR) is 147 cm³/mol. The van der Waals surface area contributed by atoms with Crippen LogP contribution < -0.4 is 0 Å². The number of ether oxygens (including phenoxy) is 3. The smallest absolute Gasteiger partial charge is 0.172 e. The molecule has 4 rings (SSSR count). The highest BCUT2D eigenvalue weighted by Crippen LogP contribution is 2.64. The van der Waals surface area contributed by atoms with E-state index in [1.165, 1.54) is 5.56 Å². The Morgan fingerprint density at radius 2 is 1.92 bits per heavy atom. The molecule has 1 spiro atoms. The number of allylic oxidation sites excluding steroid dienone is 5. The Kier molecular flexibility index (Phi) is 8.94. The molecular weight excluding hydrogens is 444 g/mol. The van der Waals surface area contributed by atoms with Crippen molar-refractivity contribution < 1.29 is 14.2 Å². The van der Waals surface area contributed by atoms with Gasteiger partial charge in [0.25, 0.3) is 0 Å². The molecule has 36 heavy (non-hydrogen) atoms. The number of hydrogen-bond acceptors (Lipinski definition) is 3. The standard InChI is InChI=1S/C33H44O3/c1-5-7-13-27(16-12-22-34-26-28-14-10-9-11-15-28)25-32(4)19-18-31(3)20-21-33(35-23-24-36-33)30(31)29(32)17-8-6-2/h5-6,8-11,14-15,18-19,27,29-30H,1,7,13,17,20-26H2,2-4H3/b8-6-/t27?,29-,30-,31-,32+/m1/s1. The van der Waals surface area contributed by atoms with E-state index in [0.717, 1.165) is 38.5 Å². The van der Waals surface area contributed by atoms with Crippen LogP contribution in [0.4, 0.5) is 0 Å². The minimum absolute atomic E-state index is 0.0156. The molecule has 0 aromatic heterocycles. The van der Waals surface area contributed by atoms with E-state index in [-0.39, 0.29) is 10.8 Å². The first-order chi connectivity index (χ1) is 17.4. The van der Waals surface area contributed by atoms with E-state index in [0.29, 0.717) is 44.2 Å². The lowest BCUT2D eigenvalue weighted by atomic mass is 9.54. The van der Waals surface area contributed by atoms with Crippen LogP contribution in [0.5, 0.6) is 0 Å². The lowest BCUT2D eigenvalue weighted by Crippen LogP contribution is -2.51. The van der Waals surface area contributed by atoms with Gasteiger partial charge in [0.05, 0.1) is 19.8 Å². The molecule has 0 radical (unpaired) electrons. The molecule has 1 saturated carbocycles. The second-order valence-electron chi connectivity index (χ2n) is 11.3. The van der Waals surface area contributed by atoms with Crippen LogP contribution in [0.25, 0.3) is 0 Å². The minimum Gasteiger partial charge on any atom is -0.364 e. The average molecular weight is 489 g/mol. The zero-order valence-electron chi connectivity index (χ0n) is 22.5. The molecule has 3 nitrogen and oxygen atoms in total. The molecule has 1 aromatic carbocycles. The first-order valence-electron chi connectivity index (χ1n) is 13.8. The molecule has 0 N–H and O–H groups in total. The van der Waals surface area contributed by atoms with Gasteiger partial charge in [-0.05, 0) is 61.3 Å². The van der Waals surface area contributed by atoms with Crippen LogP contribution in [0, 0.1) is 40.4 Å². The van der Waals surface area contributed by atoms with Crippen LogP contribution in [-0.4, -0.2) is 25.6 Å². The maximum atomic E-state index is 6.40. The Morgan fingerprint density at radius 3 is 2.64 bits per heavy atom. The Balaban J connectivity index is 1.52. The molecule has 1 aromatic rings. The lowest BCUT2D eigenvalue weighted by Gasteiger charge is -2.52. The molecular formula is C33H44O3. The Morgan fingerprint density at radius 1 is 1.14 bits per heavy atom. The van der Waals surface area contributed by atoms with E-state index < -0.39 is 5.79 Å². The third-order valence-electron chi connectivity index (χ3n) is 8.69. The largest absolute Gasteiger partial charge is 0.364 e. The molecule has 0 bridgehead atoms. The van der Waals surface area contributed by atoms with Gasteiger partial charge in [-0.3, -0.25) is 0 Å². The summed E-state index contributed by atoms with van der Waals surface area (Å²) in [6, 6.07) is 10.3. The summed E-state index contributed by atoms with van der Waals surface area (Å²) in [6.45, 7) is 13.4. The van der Waals surface area contributed by atoms with Crippen LogP contribution in [0.1, 0.15) is 64.9 Å².